The maximum Gasteiger partial charge on any atom is 0.220 e. The fraction of sp³-hybridized carbons (Fsp3) is 0.667. The van der Waals surface area contributed by atoms with Gasteiger partial charge in [-0.3, -0.25) is 0 Å². The lowest BCUT2D eigenvalue weighted by Gasteiger charge is -2.28. The van der Waals surface area contributed by atoms with E-state index in [4.69, 9.17) is 0 Å². The predicted octanol–water partition coefficient (Wildman–Crippen LogP) is 3.52. The molecule has 3 aliphatic rings. The second kappa shape index (κ2) is 11.8. The van der Waals surface area contributed by atoms with Gasteiger partial charge in [-0.15, -0.1) is 0 Å². The quantitative estimate of drug-likeness (QED) is 0.456. The number of benzene rings is 1. The summed E-state index contributed by atoms with van der Waals surface area (Å²) in [6.45, 7) is 12.0. The normalized spacial score (nSPS) is 23.9. The van der Waals surface area contributed by atoms with Crippen LogP contribution in [0, 0.1) is 11.3 Å². The predicted molar refractivity (Wildman–Crippen MR) is 139 cm³/mol. The maximum absolute atomic E-state index is 13.5. The van der Waals surface area contributed by atoms with Crippen molar-refractivity contribution in [3.8, 4) is 6.07 Å². The van der Waals surface area contributed by atoms with Gasteiger partial charge in [-0.25, -0.2) is 8.42 Å². The number of likely N-dealkylation sites (tertiary alicyclic amines) is 2. The molecule has 4 rings (SSSR count). The van der Waals surface area contributed by atoms with Gasteiger partial charge in [-0.2, -0.15) is 5.26 Å². The Balaban J connectivity index is 1.53. The molecule has 3 aliphatic heterocycles. The van der Waals surface area contributed by atoms with E-state index in [-0.39, 0.29) is 9.80 Å². The zero-order chi connectivity index (χ0) is 24.8. The molecule has 7 nitrogen and oxygen atoms in total. The average molecular weight is 500 g/mol. The number of sulfone groups is 1. The lowest BCUT2D eigenvalue weighted by Crippen LogP contribution is -2.33. The van der Waals surface area contributed by atoms with E-state index in [0.717, 1.165) is 65.2 Å². The molecule has 35 heavy (non-hydrogen) atoms. The van der Waals surface area contributed by atoms with Crippen LogP contribution in [0.5, 0.6) is 0 Å². The summed E-state index contributed by atoms with van der Waals surface area (Å²) in [5.74, 6) is 0.611. The molecule has 0 spiro atoms. The standard InChI is InChI=1S/C27H41N5O2S/c1-23-10-6-14-29(23)16-8-18-31-20-21-32(19-9-17-30-15-7-11-24(30)2)27(31)26(22-28)35(33,34)25-12-4-3-5-13-25/h3-5,12-13,23-24H,6-11,14-21H2,1-2H3/t23-,24-/m1/s1. The molecule has 0 amide bonds. The van der Waals surface area contributed by atoms with E-state index in [1.54, 1.807) is 30.3 Å². The maximum atomic E-state index is 13.5. The summed E-state index contributed by atoms with van der Waals surface area (Å²) in [6, 6.07) is 11.8. The third kappa shape index (κ3) is 6.02. The van der Waals surface area contributed by atoms with Crippen molar-refractivity contribution in [2.24, 2.45) is 0 Å². The van der Waals surface area contributed by atoms with Gasteiger partial charge in [0.05, 0.1) is 4.90 Å². The van der Waals surface area contributed by atoms with Crippen molar-refractivity contribution in [3.05, 3.63) is 41.1 Å². The van der Waals surface area contributed by atoms with Gasteiger partial charge in [0, 0.05) is 51.4 Å². The van der Waals surface area contributed by atoms with E-state index < -0.39 is 9.84 Å². The first-order valence-corrected chi connectivity index (χ1v) is 14.8. The summed E-state index contributed by atoms with van der Waals surface area (Å²) in [7, 11) is -3.88. The van der Waals surface area contributed by atoms with Gasteiger partial charge < -0.3 is 19.6 Å². The van der Waals surface area contributed by atoms with Crippen LogP contribution < -0.4 is 0 Å². The molecule has 192 valence electrons. The average Bonchev–Trinajstić information content (AvgIpc) is 3.57. The Morgan fingerprint density at radius 1 is 0.857 bits per heavy atom. The minimum atomic E-state index is -3.88. The summed E-state index contributed by atoms with van der Waals surface area (Å²) >= 11 is 0. The van der Waals surface area contributed by atoms with Crippen molar-refractivity contribution in [1.82, 2.24) is 19.6 Å². The van der Waals surface area contributed by atoms with E-state index in [1.807, 2.05) is 0 Å². The highest BCUT2D eigenvalue weighted by Gasteiger charge is 2.34. The number of nitrogens with zero attached hydrogens (tertiary/aromatic N) is 5. The van der Waals surface area contributed by atoms with Crippen LogP contribution in [-0.4, -0.2) is 92.5 Å². The van der Waals surface area contributed by atoms with Crippen LogP contribution >= 0.6 is 0 Å². The molecule has 0 bridgehead atoms. The molecule has 0 aromatic heterocycles. The molecule has 0 radical (unpaired) electrons. The van der Waals surface area contributed by atoms with Crippen LogP contribution in [0.3, 0.4) is 0 Å². The SMILES string of the molecule is C[C@@H]1CCCN1CCCN1CCN(CCCN2CCC[C@H]2C)C1=C(C#N)S(=O)(=O)c1ccccc1. The third-order valence-corrected chi connectivity index (χ3v) is 9.70. The minimum Gasteiger partial charge on any atom is -0.355 e. The van der Waals surface area contributed by atoms with Gasteiger partial charge in [0.25, 0.3) is 0 Å². The minimum absolute atomic E-state index is 0.106. The molecule has 0 aliphatic carbocycles. The molecular formula is C27H41N5O2S. The lowest BCUT2D eigenvalue weighted by atomic mass is 10.2. The lowest BCUT2D eigenvalue weighted by molar-refractivity contribution is 0.238. The molecule has 0 saturated carbocycles. The smallest absolute Gasteiger partial charge is 0.220 e. The molecule has 3 fully saturated rings. The van der Waals surface area contributed by atoms with Crippen LogP contribution in [0.15, 0.2) is 46.0 Å². The number of hydrogen-bond acceptors (Lipinski definition) is 7. The fourth-order valence-electron chi connectivity index (χ4n) is 5.90. The Labute approximate surface area is 211 Å². The summed E-state index contributed by atoms with van der Waals surface area (Å²) in [5.41, 5.74) is 0. The van der Waals surface area contributed by atoms with Crippen molar-refractivity contribution < 1.29 is 8.42 Å². The van der Waals surface area contributed by atoms with Crippen molar-refractivity contribution in [1.29, 1.82) is 5.26 Å². The van der Waals surface area contributed by atoms with Gasteiger partial charge in [0.1, 0.15) is 11.9 Å². The summed E-state index contributed by atoms with van der Waals surface area (Å²) in [6.07, 6.45) is 6.97. The first-order valence-electron chi connectivity index (χ1n) is 13.3. The molecular weight excluding hydrogens is 458 g/mol. The monoisotopic (exact) mass is 499 g/mol. The Kier molecular flexibility index (Phi) is 8.74. The first kappa shape index (κ1) is 26.0. The summed E-state index contributed by atoms with van der Waals surface area (Å²) in [5, 5.41) is 10.1. The molecule has 3 saturated heterocycles. The number of rotatable bonds is 10. The topological polar surface area (TPSA) is 70.9 Å². The van der Waals surface area contributed by atoms with Crippen LogP contribution in [-0.2, 0) is 9.84 Å². The Hall–Kier alpha value is -2.08. The van der Waals surface area contributed by atoms with Gasteiger partial charge >= 0.3 is 0 Å². The highest BCUT2D eigenvalue weighted by molar-refractivity contribution is 7.95. The summed E-state index contributed by atoms with van der Waals surface area (Å²) < 4.78 is 27.1. The molecule has 8 heteroatoms. The van der Waals surface area contributed by atoms with Crippen LogP contribution in [0.4, 0.5) is 0 Å². The molecule has 2 atom stereocenters. The Morgan fingerprint density at radius 2 is 1.37 bits per heavy atom. The number of allylic oxidation sites excluding steroid dienone is 1. The second-order valence-electron chi connectivity index (χ2n) is 10.3. The fourth-order valence-corrected chi connectivity index (χ4v) is 7.27. The largest absolute Gasteiger partial charge is 0.355 e. The van der Waals surface area contributed by atoms with Crippen molar-refractivity contribution in [3.63, 3.8) is 0 Å². The van der Waals surface area contributed by atoms with Gasteiger partial charge in [-0.05, 0) is 77.6 Å². The zero-order valence-electron chi connectivity index (χ0n) is 21.4. The van der Waals surface area contributed by atoms with E-state index in [2.05, 4.69) is 39.5 Å². The van der Waals surface area contributed by atoms with E-state index in [9.17, 15) is 13.7 Å². The highest BCUT2D eigenvalue weighted by atomic mass is 32.2. The molecule has 0 N–H and O–H groups in total. The van der Waals surface area contributed by atoms with Gasteiger partial charge in [0.15, 0.2) is 4.91 Å². The molecule has 0 unspecified atom stereocenters. The van der Waals surface area contributed by atoms with Crippen LogP contribution in [0.2, 0.25) is 0 Å². The van der Waals surface area contributed by atoms with Gasteiger partial charge in [-0.1, -0.05) is 18.2 Å². The van der Waals surface area contributed by atoms with Gasteiger partial charge in [0.2, 0.25) is 9.84 Å². The van der Waals surface area contributed by atoms with Crippen molar-refractivity contribution >= 4 is 9.84 Å². The Morgan fingerprint density at radius 3 is 1.80 bits per heavy atom. The first-order chi connectivity index (χ1) is 16.9. The highest BCUT2D eigenvalue weighted by Crippen LogP contribution is 2.30. The van der Waals surface area contributed by atoms with Crippen molar-refractivity contribution in [2.75, 3.05) is 52.4 Å². The molecule has 3 heterocycles. The Bertz CT molecular complexity index is 984. The van der Waals surface area contributed by atoms with Crippen LogP contribution in [0.1, 0.15) is 52.4 Å². The number of nitriles is 1. The van der Waals surface area contributed by atoms with Crippen molar-refractivity contribution in [2.45, 2.75) is 69.4 Å². The van der Waals surface area contributed by atoms with E-state index in [1.165, 1.54) is 25.7 Å². The number of hydrogen-bond donors (Lipinski definition) is 0. The molecule has 1 aromatic carbocycles. The molecule has 1 aromatic rings. The summed E-state index contributed by atoms with van der Waals surface area (Å²) in [4.78, 5) is 9.44. The van der Waals surface area contributed by atoms with Crippen LogP contribution in [0.25, 0.3) is 0 Å². The van der Waals surface area contributed by atoms with E-state index >= 15 is 0 Å². The van der Waals surface area contributed by atoms with E-state index in [0.29, 0.717) is 17.9 Å². The third-order valence-electron chi connectivity index (χ3n) is 7.99. The zero-order valence-corrected chi connectivity index (χ0v) is 22.2. The second-order valence-corrected chi connectivity index (χ2v) is 12.2.